The predicted octanol–water partition coefficient (Wildman–Crippen LogP) is 3.54. The van der Waals surface area contributed by atoms with Crippen molar-refractivity contribution < 1.29 is 18.7 Å². The Morgan fingerprint density at radius 3 is 2.45 bits per heavy atom. The number of nitrogens with one attached hydrogen (secondary N) is 1. The average molecular weight is 277 g/mol. The van der Waals surface area contributed by atoms with Crippen molar-refractivity contribution in [3.05, 3.63) is 58.7 Å². The fourth-order valence-electron chi connectivity index (χ4n) is 1.75. The van der Waals surface area contributed by atoms with Crippen molar-refractivity contribution in [3.8, 4) is 5.75 Å². The molecule has 0 radical (unpaired) electrons. The van der Waals surface area contributed by atoms with Gasteiger partial charge in [0.1, 0.15) is 17.3 Å². The van der Waals surface area contributed by atoms with Crippen molar-refractivity contribution in [2.45, 2.75) is 13.8 Å². The highest BCUT2D eigenvalue weighted by Crippen LogP contribution is 2.23. The molecule has 0 fully saturated rings. The molecule has 0 saturated heterocycles. The number of amides is 1. The molecule has 20 heavy (non-hydrogen) atoms. The van der Waals surface area contributed by atoms with Crippen LogP contribution in [0.25, 0.3) is 0 Å². The van der Waals surface area contributed by atoms with Gasteiger partial charge in [0, 0.05) is 5.56 Å². The highest BCUT2D eigenvalue weighted by molar-refractivity contribution is 6.04. The Kier molecular flexibility index (Phi) is 3.70. The number of anilines is 1. The number of halogens is 2. The van der Waals surface area contributed by atoms with E-state index in [2.05, 4.69) is 5.32 Å². The van der Waals surface area contributed by atoms with Crippen LogP contribution in [0.2, 0.25) is 0 Å². The highest BCUT2D eigenvalue weighted by Gasteiger charge is 2.15. The van der Waals surface area contributed by atoms with E-state index in [1.807, 2.05) is 0 Å². The number of benzene rings is 2. The molecule has 2 aromatic rings. The van der Waals surface area contributed by atoms with Crippen molar-refractivity contribution >= 4 is 11.6 Å². The number of hydrogen-bond donors (Lipinski definition) is 2. The van der Waals surface area contributed by atoms with Crippen molar-refractivity contribution in [2.75, 3.05) is 5.32 Å². The molecule has 0 aliphatic heterocycles. The zero-order valence-corrected chi connectivity index (χ0v) is 11.0. The van der Waals surface area contributed by atoms with Gasteiger partial charge in [0.05, 0.1) is 0 Å². The summed E-state index contributed by atoms with van der Waals surface area (Å²) in [5.74, 6) is -2.23. The van der Waals surface area contributed by atoms with Gasteiger partial charge in [-0.2, -0.15) is 0 Å². The van der Waals surface area contributed by atoms with Gasteiger partial charge in [-0.1, -0.05) is 6.07 Å². The number of phenolic OH excluding ortho intramolecular Hbond substituents is 1. The molecule has 2 rings (SSSR count). The van der Waals surface area contributed by atoms with Crippen molar-refractivity contribution in [1.82, 2.24) is 0 Å². The summed E-state index contributed by atoms with van der Waals surface area (Å²) in [4.78, 5) is 12.0. The summed E-state index contributed by atoms with van der Waals surface area (Å²) in [6.45, 7) is 3.11. The largest absolute Gasteiger partial charge is 0.508 e. The zero-order chi connectivity index (χ0) is 14.9. The molecule has 0 unspecified atom stereocenters. The Morgan fingerprint density at radius 2 is 1.80 bits per heavy atom. The topological polar surface area (TPSA) is 49.3 Å². The fraction of sp³-hybridized carbons (Fsp3) is 0.133. The first-order valence-electron chi connectivity index (χ1n) is 5.95. The first-order valence-corrected chi connectivity index (χ1v) is 5.95. The van der Waals surface area contributed by atoms with Crippen molar-refractivity contribution in [2.24, 2.45) is 0 Å². The first-order chi connectivity index (χ1) is 9.40. The third-order valence-electron chi connectivity index (χ3n) is 2.98. The molecule has 2 aromatic carbocycles. The lowest BCUT2D eigenvalue weighted by Gasteiger charge is -2.10. The Bertz CT molecular complexity index is 684. The molecule has 0 aliphatic rings. The minimum atomic E-state index is -0.836. The minimum Gasteiger partial charge on any atom is -0.508 e. The van der Waals surface area contributed by atoms with Gasteiger partial charge in [0.15, 0.2) is 5.82 Å². The molecule has 0 aromatic heterocycles. The molecule has 5 heteroatoms. The van der Waals surface area contributed by atoms with Crippen LogP contribution < -0.4 is 5.32 Å². The Balaban J connectivity index is 2.32. The van der Waals surface area contributed by atoms with E-state index >= 15 is 0 Å². The van der Waals surface area contributed by atoms with E-state index in [0.29, 0.717) is 5.56 Å². The van der Waals surface area contributed by atoms with Crippen LogP contribution in [-0.4, -0.2) is 11.0 Å². The maximum Gasteiger partial charge on any atom is 0.255 e. The molecule has 0 atom stereocenters. The van der Waals surface area contributed by atoms with E-state index in [4.69, 9.17) is 0 Å². The summed E-state index contributed by atoms with van der Waals surface area (Å²) in [6.07, 6.45) is 0. The number of rotatable bonds is 2. The van der Waals surface area contributed by atoms with Gasteiger partial charge in [0.25, 0.3) is 5.91 Å². The maximum absolute atomic E-state index is 13.8. The van der Waals surface area contributed by atoms with E-state index in [1.54, 1.807) is 6.92 Å². The SMILES string of the molecule is Cc1cc(C(=O)Nc2c(F)ccc(C)c2F)ccc1O. The van der Waals surface area contributed by atoms with E-state index in [9.17, 15) is 18.7 Å². The molecule has 1 amide bonds. The summed E-state index contributed by atoms with van der Waals surface area (Å²) in [6, 6.07) is 6.56. The van der Waals surface area contributed by atoms with Crippen LogP contribution in [0.1, 0.15) is 21.5 Å². The van der Waals surface area contributed by atoms with Crippen LogP contribution in [0.5, 0.6) is 5.75 Å². The Morgan fingerprint density at radius 1 is 1.10 bits per heavy atom. The van der Waals surface area contributed by atoms with Gasteiger partial charge in [-0.25, -0.2) is 8.78 Å². The Hall–Kier alpha value is -2.43. The lowest BCUT2D eigenvalue weighted by Crippen LogP contribution is -2.15. The number of aromatic hydroxyl groups is 1. The van der Waals surface area contributed by atoms with Crippen LogP contribution in [-0.2, 0) is 0 Å². The second-order valence-electron chi connectivity index (χ2n) is 4.51. The summed E-state index contributed by atoms with van der Waals surface area (Å²) in [5, 5.41) is 11.6. The van der Waals surface area contributed by atoms with Gasteiger partial charge >= 0.3 is 0 Å². The molecule has 0 spiro atoms. The summed E-state index contributed by atoms with van der Waals surface area (Å²) in [7, 11) is 0. The monoisotopic (exact) mass is 277 g/mol. The number of carbonyl (C=O) groups is 1. The van der Waals surface area contributed by atoms with Gasteiger partial charge < -0.3 is 10.4 Å². The quantitative estimate of drug-likeness (QED) is 0.882. The van der Waals surface area contributed by atoms with Crippen LogP contribution in [0.4, 0.5) is 14.5 Å². The summed E-state index contributed by atoms with van der Waals surface area (Å²) < 4.78 is 27.3. The third kappa shape index (κ3) is 2.61. The van der Waals surface area contributed by atoms with Gasteiger partial charge in [0.2, 0.25) is 0 Å². The fourth-order valence-corrected chi connectivity index (χ4v) is 1.75. The molecule has 0 heterocycles. The number of hydrogen-bond acceptors (Lipinski definition) is 2. The summed E-state index contributed by atoms with van der Waals surface area (Å²) in [5.41, 5.74) is 0.479. The van der Waals surface area contributed by atoms with Crippen molar-refractivity contribution in [3.63, 3.8) is 0 Å². The third-order valence-corrected chi connectivity index (χ3v) is 2.98. The summed E-state index contributed by atoms with van der Waals surface area (Å²) >= 11 is 0. The normalized spacial score (nSPS) is 10.4. The van der Waals surface area contributed by atoms with E-state index in [0.717, 1.165) is 6.07 Å². The zero-order valence-electron chi connectivity index (χ0n) is 11.0. The van der Waals surface area contributed by atoms with Gasteiger partial charge in [-0.05, 0) is 49.2 Å². The molecule has 2 N–H and O–H groups in total. The molecule has 0 saturated carbocycles. The second-order valence-corrected chi connectivity index (χ2v) is 4.51. The average Bonchev–Trinajstić information content (AvgIpc) is 2.42. The van der Waals surface area contributed by atoms with Gasteiger partial charge in [-0.15, -0.1) is 0 Å². The molecule has 3 nitrogen and oxygen atoms in total. The first kappa shape index (κ1) is 14.0. The van der Waals surface area contributed by atoms with Crippen LogP contribution in [0.3, 0.4) is 0 Å². The lowest BCUT2D eigenvalue weighted by molar-refractivity contribution is 0.102. The smallest absolute Gasteiger partial charge is 0.255 e. The Labute approximate surface area is 114 Å². The van der Waals surface area contributed by atoms with Gasteiger partial charge in [-0.3, -0.25) is 4.79 Å². The maximum atomic E-state index is 13.8. The molecular formula is C15H13F2NO2. The van der Waals surface area contributed by atoms with Crippen LogP contribution in [0, 0.1) is 25.5 Å². The lowest BCUT2D eigenvalue weighted by atomic mass is 10.1. The highest BCUT2D eigenvalue weighted by atomic mass is 19.1. The van der Waals surface area contributed by atoms with Crippen molar-refractivity contribution in [1.29, 1.82) is 0 Å². The molecule has 0 aliphatic carbocycles. The number of aryl methyl sites for hydroxylation is 2. The van der Waals surface area contributed by atoms with E-state index < -0.39 is 23.2 Å². The standard InChI is InChI=1S/C15H13F2NO2/c1-8-3-5-11(16)14(13(8)17)18-15(20)10-4-6-12(19)9(2)7-10/h3-7,19H,1-2H3,(H,18,20). The van der Waals surface area contributed by atoms with E-state index in [1.165, 1.54) is 31.2 Å². The molecule has 0 bridgehead atoms. The number of phenols is 1. The van der Waals surface area contributed by atoms with Crippen LogP contribution >= 0.6 is 0 Å². The predicted molar refractivity (Wildman–Crippen MR) is 71.9 cm³/mol. The second kappa shape index (κ2) is 5.28. The molecular weight excluding hydrogens is 264 g/mol. The minimum absolute atomic E-state index is 0.0504. The van der Waals surface area contributed by atoms with E-state index in [-0.39, 0.29) is 16.9 Å². The van der Waals surface area contributed by atoms with Crippen LogP contribution in [0.15, 0.2) is 30.3 Å². The molecule has 104 valence electrons. The number of carbonyl (C=O) groups excluding carboxylic acids is 1.